The van der Waals surface area contributed by atoms with E-state index in [1.54, 1.807) is 13.0 Å². The van der Waals surface area contributed by atoms with Crippen molar-refractivity contribution >= 4 is 10.0 Å². The molecule has 0 aliphatic heterocycles. The molecule has 0 saturated heterocycles. The number of hydrogen-bond acceptors (Lipinski definition) is 3. The summed E-state index contributed by atoms with van der Waals surface area (Å²) < 4.78 is 62.3. The fraction of sp³-hybridized carbons (Fsp3) is 0.538. The molecule has 0 bridgehead atoms. The van der Waals surface area contributed by atoms with Crippen molar-refractivity contribution in [2.75, 3.05) is 6.54 Å². The first-order valence-electron chi connectivity index (χ1n) is 6.43. The maximum Gasteiger partial charge on any atom is 0.389 e. The van der Waals surface area contributed by atoms with Crippen molar-refractivity contribution in [2.24, 2.45) is 0 Å². The fourth-order valence-electron chi connectivity index (χ4n) is 1.86. The quantitative estimate of drug-likeness (QED) is 0.757. The maximum atomic E-state index is 12.1. The topological polar surface area (TPSA) is 66.4 Å². The molecule has 120 valence electrons. The molecule has 2 N–H and O–H groups in total. The van der Waals surface area contributed by atoms with Crippen LogP contribution >= 0.6 is 0 Å². The van der Waals surface area contributed by atoms with Crippen molar-refractivity contribution in [3.05, 3.63) is 29.3 Å². The fourth-order valence-corrected chi connectivity index (χ4v) is 3.22. The summed E-state index contributed by atoms with van der Waals surface area (Å²) >= 11 is 0. The van der Waals surface area contributed by atoms with Crippen LogP contribution in [0.2, 0.25) is 0 Å². The SMILES string of the molecule is Cc1c(CO)cccc1S(=O)(=O)NCCCCC(F)(F)F. The average Bonchev–Trinajstić information content (AvgIpc) is 2.37. The minimum absolute atomic E-state index is 0.0323. The third kappa shape index (κ3) is 5.64. The van der Waals surface area contributed by atoms with E-state index < -0.39 is 22.6 Å². The van der Waals surface area contributed by atoms with Gasteiger partial charge in [0.25, 0.3) is 0 Å². The molecule has 0 aromatic heterocycles. The first-order valence-corrected chi connectivity index (χ1v) is 7.91. The van der Waals surface area contributed by atoms with Gasteiger partial charge in [-0.25, -0.2) is 13.1 Å². The largest absolute Gasteiger partial charge is 0.392 e. The van der Waals surface area contributed by atoms with Crippen LogP contribution in [0.15, 0.2) is 23.1 Å². The van der Waals surface area contributed by atoms with Crippen LogP contribution in [0.1, 0.15) is 30.4 Å². The lowest BCUT2D eigenvalue weighted by molar-refractivity contribution is -0.135. The highest BCUT2D eigenvalue weighted by Gasteiger charge is 2.26. The molecular formula is C13H18F3NO3S. The Morgan fingerprint density at radius 2 is 1.90 bits per heavy atom. The number of sulfonamides is 1. The van der Waals surface area contributed by atoms with Gasteiger partial charge in [-0.2, -0.15) is 13.2 Å². The Morgan fingerprint density at radius 1 is 1.24 bits per heavy atom. The third-order valence-corrected chi connectivity index (χ3v) is 4.64. The molecule has 1 aromatic carbocycles. The van der Waals surface area contributed by atoms with Gasteiger partial charge in [0.2, 0.25) is 10.0 Å². The number of alkyl halides is 3. The summed E-state index contributed by atoms with van der Waals surface area (Å²) in [5.74, 6) is 0. The van der Waals surface area contributed by atoms with Gasteiger partial charge in [0.1, 0.15) is 0 Å². The van der Waals surface area contributed by atoms with Crippen molar-refractivity contribution in [1.29, 1.82) is 0 Å². The number of unbranched alkanes of at least 4 members (excludes halogenated alkanes) is 1. The molecule has 0 radical (unpaired) electrons. The minimum Gasteiger partial charge on any atom is -0.392 e. The van der Waals surface area contributed by atoms with Crippen molar-refractivity contribution in [2.45, 2.75) is 43.9 Å². The molecule has 8 heteroatoms. The van der Waals surface area contributed by atoms with Crippen molar-refractivity contribution in [3.8, 4) is 0 Å². The molecule has 21 heavy (non-hydrogen) atoms. The van der Waals surface area contributed by atoms with Gasteiger partial charge in [-0.05, 0) is 37.0 Å². The van der Waals surface area contributed by atoms with Crippen LogP contribution in [-0.4, -0.2) is 26.2 Å². The number of rotatable bonds is 7. The van der Waals surface area contributed by atoms with Gasteiger partial charge in [0.05, 0.1) is 11.5 Å². The monoisotopic (exact) mass is 325 g/mol. The van der Waals surface area contributed by atoms with E-state index in [4.69, 9.17) is 5.11 Å². The Kier molecular flexibility index (Phi) is 6.18. The highest BCUT2D eigenvalue weighted by atomic mass is 32.2. The van der Waals surface area contributed by atoms with Crippen LogP contribution in [0.5, 0.6) is 0 Å². The Bertz CT molecular complexity index is 571. The van der Waals surface area contributed by atoms with Gasteiger partial charge in [0, 0.05) is 13.0 Å². The number of hydrogen-bond donors (Lipinski definition) is 2. The molecule has 0 unspecified atom stereocenters. The summed E-state index contributed by atoms with van der Waals surface area (Å²) in [4.78, 5) is 0.0323. The smallest absolute Gasteiger partial charge is 0.389 e. The summed E-state index contributed by atoms with van der Waals surface area (Å²) in [5, 5.41) is 9.11. The third-order valence-electron chi connectivity index (χ3n) is 3.04. The van der Waals surface area contributed by atoms with Crippen LogP contribution in [0.3, 0.4) is 0 Å². The predicted octanol–water partition coefficient (Wildman–Crippen LogP) is 2.50. The molecule has 4 nitrogen and oxygen atoms in total. The van der Waals surface area contributed by atoms with Crippen LogP contribution in [0.25, 0.3) is 0 Å². The standard InChI is InChI=1S/C13H18F3NO3S/c1-10-11(9-18)5-4-6-12(10)21(19,20)17-8-3-2-7-13(14,15)16/h4-6,17-18H,2-3,7-9H2,1H3. The van der Waals surface area contributed by atoms with E-state index in [1.165, 1.54) is 12.1 Å². The molecule has 1 aromatic rings. The molecule has 0 atom stereocenters. The summed E-state index contributed by atoms with van der Waals surface area (Å²) in [5.41, 5.74) is 0.928. The van der Waals surface area contributed by atoms with E-state index in [-0.39, 0.29) is 30.9 Å². The van der Waals surface area contributed by atoms with E-state index in [0.29, 0.717) is 11.1 Å². The lowest BCUT2D eigenvalue weighted by atomic mass is 10.1. The number of aliphatic hydroxyl groups is 1. The summed E-state index contributed by atoms with van der Waals surface area (Å²) in [6, 6.07) is 4.51. The van der Waals surface area contributed by atoms with Crippen molar-refractivity contribution in [1.82, 2.24) is 4.72 Å². The number of benzene rings is 1. The highest BCUT2D eigenvalue weighted by Crippen LogP contribution is 2.22. The first kappa shape index (κ1) is 17.9. The van der Waals surface area contributed by atoms with Crippen LogP contribution < -0.4 is 4.72 Å². The number of aliphatic hydroxyl groups excluding tert-OH is 1. The zero-order valence-corrected chi connectivity index (χ0v) is 12.4. The van der Waals surface area contributed by atoms with Gasteiger partial charge >= 0.3 is 6.18 Å². The molecule has 1 rings (SSSR count). The normalized spacial score (nSPS) is 12.6. The number of halogens is 3. The van der Waals surface area contributed by atoms with E-state index in [0.717, 1.165) is 0 Å². The Morgan fingerprint density at radius 3 is 2.48 bits per heavy atom. The Hall–Kier alpha value is -1.12. The van der Waals surface area contributed by atoms with Gasteiger partial charge in [-0.15, -0.1) is 0 Å². The minimum atomic E-state index is -4.22. The summed E-state index contributed by atoms with van der Waals surface area (Å²) in [7, 11) is -3.78. The zero-order valence-electron chi connectivity index (χ0n) is 11.6. The van der Waals surface area contributed by atoms with Crippen LogP contribution in [0.4, 0.5) is 13.2 Å². The lowest BCUT2D eigenvalue weighted by Gasteiger charge is -2.12. The van der Waals surface area contributed by atoms with Crippen molar-refractivity contribution in [3.63, 3.8) is 0 Å². The van der Waals surface area contributed by atoms with Gasteiger partial charge in [-0.3, -0.25) is 0 Å². The van der Waals surface area contributed by atoms with Crippen molar-refractivity contribution < 1.29 is 26.7 Å². The van der Waals surface area contributed by atoms with E-state index in [1.807, 2.05) is 0 Å². The molecule has 0 amide bonds. The summed E-state index contributed by atoms with van der Waals surface area (Å²) in [6.45, 7) is 1.24. The molecule has 0 fully saturated rings. The second-order valence-electron chi connectivity index (χ2n) is 4.67. The molecule has 0 spiro atoms. The van der Waals surface area contributed by atoms with Crippen LogP contribution in [0, 0.1) is 6.92 Å². The second-order valence-corrected chi connectivity index (χ2v) is 6.40. The number of nitrogens with one attached hydrogen (secondary N) is 1. The predicted molar refractivity (Wildman–Crippen MR) is 72.2 cm³/mol. The lowest BCUT2D eigenvalue weighted by Crippen LogP contribution is -2.26. The van der Waals surface area contributed by atoms with Gasteiger partial charge < -0.3 is 5.11 Å². The zero-order chi connectivity index (χ0) is 16.1. The highest BCUT2D eigenvalue weighted by molar-refractivity contribution is 7.89. The van der Waals surface area contributed by atoms with Crippen LogP contribution in [-0.2, 0) is 16.6 Å². The molecule has 0 heterocycles. The average molecular weight is 325 g/mol. The van der Waals surface area contributed by atoms with E-state index in [2.05, 4.69) is 4.72 Å². The molecule has 0 aliphatic rings. The van der Waals surface area contributed by atoms with E-state index in [9.17, 15) is 21.6 Å². The second kappa shape index (κ2) is 7.24. The van der Waals surface area contributed by atoms with E-state index >= 15 is 0 Å². The maximum absolute atomic E-state index is 12.1. The first-order chi connectivity index (χ1) is 9.67. The molecule has 0 saturated carbocycles. The molecular weight excluding hydrogens is 307 g/mol. The Labute approximate surface area is 122 Å². The van der Waals surface area contributed by atoms with Gasteiger partial charge in [0.15, 0.2) is 0 Å². The van der Waals surface area contributed by atoms with Gasteiger partial charge in [-0.1, -0.05) is 12.1 Å². The summed E-state index contributed by atoms with van der Waals surface area (Å²) in [6.07, 6.45) is -5.15. The molecule has 0 aliphatic carbocycles. The Balaban J connectivity index is 2.62.